The summed E-state index contributed by atoms with van der Waals surface area (Å²) in [7, 11) is 0. The van der Waals surface area contributed by atoms with Gasteiger partial charge in [0.15, 0.2) is 0 Å². The number of allylic oxidation sites excluding steroid dienone is 2. The van der Waals surface area contributed by atoms with Crippen LogP contribution in [-0.4, -0.2) is 16.8 Å². The number of rotatable bonds is 11. The van der Waals surface area contributed by atoms with Gasteiger partial charge in [-0.05, 0) is 31.4 Å². The molecule has 0 aliphatic carbocycles. The maximum Gasteiger partial charge on any atom is 0.303 e. The molecule has 0 rings (SSSR count). The summed E-state index contributed by atoms with van der Waals surface area (Å²) in [6.45, 7) is 0. The molecule has 16 heavy (non-hydrogen) atoms. The van der Waals surface area contributed by atoms with Crippen molar-refractivity contribution in [1.29, 1.82) is 0 Å². The van der Waals surface area contributed by atoms with Gasteiger partial charge >= 0.3 is 5.97 Å². The van der Waals surface area contributed by atoms with Gasteiger partial charge in [-0.3, -0.25) is 4.79 Å². The van der Waals surface area contributed by atoms with Crippen LogP contribution in [0.1, 0.15) is 57.8 Å². The van der Waals surface area contributed by atoms with E-state index in [1.807, 2.05) is 0 Å². The molecule has 0 aromatic heterocycles. The van der Waals surface area contributed by atoms with E-state index in [1.165, 1.54) is 32.1 Å². The minimum absolute atomic E-state index is 0.326. The number of carboxylic acid groups (broad SMARTS) is 1. The highest BCUT2D eigenvalue weighted by molar-refractivity contribution is 7.80. The predicted molar refractivity (Wildman–Crippen MR) is 72.2 cm³/mol. The maximum atomic E-state index is 10.2. The van der Waals surface area contributed by atoms with E-state index in [0.717, 1.165) is 25.0 Å². The molecule has 0 aromatic carbocycles. The highest BCUT2D eigenvalue weighted by Gasteiger charge is 1.95. The molecule has 0 aliphatic heterocycles. The average Bonchev–Trinajstić information content (AvgIpc) is 2.25. The monoisotopic (exact) mass is 244 g/mol. The highest BCUT2D eigenvalue weighted by Crippen LogP contribution is 2.08. The fraction of sp³-hybridized carbons (Fsp3) is 0.769. The van der Waals surface area contributed by atoms with Crippen molar-refractivity contribution < 1.29 is 9.90 Å². The first-order chi connectivity index (χ1) is 7.77. The van der Waals surface area contributed by atoms with Gasteiger partial charge in [0.2, 0.25) is 0 Å². The zero-order valence-corrected chi connectivity index (χ0v) is 10.9. The lowest BCUT2D eigenvalue weighted by molar-refractivity contribution is -0.137. The smallest absolute Gasteiger partial charge is 0.303 e. The average molecular weight is 244 g/mol. The molecule has 0 atom stereocenters. The van der Waals surface area contributed by atoms with Crippen LogP contribution in [-0.2, 0) is 4.79 Å². The van der Waals surface area contributed by atoms with Crippen molar-refractivity contribution in [2.45, 2.75) is 57.8 Å². The lowest BCUT2D eigenvalue weighted by Gasteiger charge is -1.99. The number of aliphatic carboxylic acids is 1. The Labute approximate surface area is 105 Å². The second-order valence-corrected chi connectivity index (χ2v) is 4.48. The third kappa shape index (κ3) is 13.6. The Morgan fingerprint density at radius 2 is 1.50 bits per heavy atom. The van der Waals surface area contributed by atoms with Crippen LogP contribution in [0.5, 0.6) is 0 Å². The zero-order valence-electron chi connectivity index (χ0n) is 10.0. The van der Waals surface area contributed by atoms with E-state index >= 15 is 0 Å². The van der Waals surface area contributed by atoms with E-state index < -0.39 is 5.97 Å². The van der Waals surface area contributed by atoms with Crippen molar-refractivity contribution in [2.24, 2.45) is 0 Å². The summed E-state index contributed by atoms with van der Waals surface area (Å²) in [4.78, 5) is 10.2. The van der Waals surface area contributed by atoms with Crippen molar-refractivity contribution in [1.82, 2.24) is 0 Å². The minimum Gasteiger partial charge on any atom is -0.481 e. The number of carboxylic acids is 1. The molecule has 0 radical (unpaired) electrons. The van der Waals surface area contributed by atoms with Crippen molar-refractivity contribution in [3.63, 3.8) is 0 Å². The molecular weight excluding hydrogens is 220 g/mol. The summed E-state index contributed by atoms with van der Waals surface area (Å²) in [5, 5.41) is 8.44. The van der Waals surface area contributed by atoms with E-state index in [4.69, 9.17) is 5.11 Å². The normalized spacial score (nSPS) is 11.1. The molecule has 0 amide bonds. The molecule has 0 spiro atoms. The molecular formula is C13H24O2S. The molecule has 0 saturated heterocycles. The molecule has 1 N–H and O–H groups in total. The summed E-state index contributed by atoms with van der Waals surface area (Å²) < 4.78 is 0. The molecule has 0 unspecified atom stereocenters. The molecule has 3 heteroatoms. The van der Waals surface area contributed by atoms with E-state index in [-0.39, 0.29) is 0 Å². The zero-order chi connectivity index (χ0) is 12.1. The molecule has 0 bridgehead atoms. The fourth-order valence-electron chi connectivity index (χ4n) is 1.56. The van der Waals surface area contributed by atoms with Crippen LogP contribution in [0.15, 0.2) is 12.2 Å². The Balaban J connectivity index is 3.01. The Hall–Kier alpha value is -0.440. The van der Waals surface area contributed by atoms with Crippen molar-refractivity contribution in [3.05, 3.63) is 12.2 Å². The van der Waals surface area contributed by atoms with Gasteiger partial charge in [0.05, 0.1) is 0 Å². The molecule has 0 aliphatic rings. The van der Waals surface area contributed by atoms with Crippen LogP contribution < -0.4 is 0 Å². The standard InChI is InChI=1S/C13H24O2S/c14-13(15)11-9-7-5-3-1-2-4-6-8-10-12-16/h6,8,16H,1-5,7,9-12H2,(H,14,15)/b8-6+. The lowest BCUT2D eigenvalue weighted by atomic mass is 10.1. The van der Waals surface area contributed by atoms with Crippen LogP contribution >= 0.6 is 12.6 Å². The summed E-state index contributed by atoms with van der Waals surface area (Å²) in [6.07, 6.45) is 13.8. The Morgan fingerprint density at radius 3 is 2.12 bits per heavy atom. The third-order valence-corrected chi connectivity index (χ3v) is 2.73. The van der Waals surface area contributed by atoms with Crippen molar-refractivity contribution in [3.8, 4) is 0 Å². The second kappa shape index (κ2) is 12.6. The second-order valence-electron chi connectivity index (χ2n) is 4.04. The first-order valence-corrected chi connectivity index (χ1v) is 6.88. The van der Waals surface area contributed by atoms with Crippen LogP contribution in [0.25, 0.3) is 0 Å². The van der Waals surface area contributed by atoms with Crippen LogP contribution in [0.2, 0.25) is 0 Å². The molecule has 0 saturated carbocycles. The fourth-order valence-corrected chi connectivity index (χ4v) is 1.70. The van der Waals surface area contributed by atoms with Crippen LogP contribution in [0, 0.1) is 0 Å². The van der Waals surface area contributed by atoms with Gasteiger partial charge in [0, 0.05) is 6.42 Å². The maximum absolute atomic E-state index is 10.2. The van der Waals surface area contributed by atoms with E-state index in [9.17, 15) is 4.79 Å². The number of hydrogen-bond donors (Lipinski definition) is 2. The first kappa shape index (κ1) is 15.6. The van der Waals surface area contributed by atoms with Gasteiger partial charge < -0.3 is 5.11 Å². The highest BCUT2D eigenvalue weighted by atomic mass is 32.1. The van der Waals surface area contributed by atoms with Gasteiger partial charge in [-0.25, -0.2) is 0 Å². The SMILES string of the molecule is O=C(O)CCCCCCCC/C=C/CCS. The van der Waals surface area contributed by atoms with E-state index in [1.54, 1.807) is 0 Å². The Kier molecular flexibility index (Phi) is 12.3. The molecule has 2 nitrogen and oxygen atoms in total. The van der Waals surface area contributed by atoms with Crippen LogP contribution in [0.4, 0.5) is 0 Å². The number of hydrogen-bond acceptors (Lipinski definition) is 2. The third-order valence-electron chi connectivity index (χ3n) is 2.47. The van der Waals surface area contributed by atoms with Gasteiger partial charge in [0.25, 0.3) is 0 Å². The van der Waals surface area contributed by atoms with Crippen molar-refractivity contribution in [2.75, 3.05) is 5.75 Å². The van der Waals surface area contributed by atoms with Gasteiger partial charge in [-0.1, -0.05) is 37.8 Å². The predicted octanol–water partition coefficient (Wildman–Crippen LogP) is 4.07. The largest absolute Gasteiger partial charge is 0.481 e. The molecule has 0 heterocycles. The number of unbranched alkanes of at least 4 members (excludes halogenated alkanes) is 6. The summed E-state index contributed by atoms with van der Waals surface area (Å²) >= 11 is 4.13. The molecule has 0 fully saturated rings. The summed E-state index contributed by atoms with van der Waals surface area (Å²) in [5.74, 6) is 0.259. The van der Waals surface area contributed by atoms with Gasteiger partial charge in [-0.2, -0.15) is 12.6 Å². The number of thiol groups is 1. The summed E-state index contributed by atoms with van der Waals surface area (Å²) in [5.41, 5.74) is 0. The van der Waals surface area contributed by atoms with Gasteiger partial charge in [-0.15, -0.1) is 0 Å². The topological polar surface area (TPSA) is 37.3 Å². The van der Waals surface area contributed by atoms with Gasteiger partial charge in [0.1, 0.15) is 0 Å². The van der Waals surface area contributed by atoms with Crippen molar-refractivity contribution >= 4 is 18.6 Å². The Morgan fingerprint density at radius 1 is 0.938 bits per heavy atom. The van der Waals surface area contributed by atoms with E-state index in [0.29, 0.717) is 6.42 Å². The summed E-state index contributed by atoms with van der Waals surface area (Å²) in [6, 6.07) is 0. The van der Waals surface area contributed by atoms with Crippen LogP contribution in [0.3, 0.4) is 0 Å². The molecule has 0 aromatic rings. The minimum atomic E-state index is -0.672. The van der Waals surface area contributed by atoms with E-state index in [2.05, 4.69) is 24.8 Å². The Bertz CT molecular complexity index is 190. The first-order valence-electron chi connectivity index (χ1n) is 6.25. The number of carbonyl (C=O) groups is 1. The quantitative estimate of drug-likeness (QED) is 0.326. The lowest BCUT2D eigenvalue weighted by Crippen LogP contribution is -1.93. The molecule has 94 valence electrons.